The zero-order valence-electron chi connectivity index (χ0n) is 10.6. The van der Waals surface area contributed by atoms with Crippen molar-refractivity contribution in [3.63, 3.8) is 0 Å². The molecule has 2 amide bonds. The maximum absolute atomic E-state index is 11.9. The maximum atomic E-state index is 11.9. The summed E-state index contributed by atoms with van der Waals surface area (Å²) < 4.78 is 0.988. The number of nitrogens with one attached hydrogen (secondary N) is 2. The van der Waals surface area contributed by atoms with Gasteiger partial charge < -0.3 is 10.6 Å². The standard InChI is InChI=1S/C15H15BrN2O/c1-11(13-9-5-6-10-14(13)16)17-15(19)18-12-7-3-2-4-8-12/h2-11H,1H3,(H2,17,18,19). The van der Waals surface area contributed by atoms with Crippen LogP contribution >= 0.6 is 15.9 Å². The largest absolute Gasteiger partial charge is 0.331 e. The van der Waals surface area contributed by atoms with Crippen LogP contribution in [-0.4, -0.2) is 6.03 Å². The van der Waals surface area contributed by atoms with Crippen LogP contribution in [0, 0.1) is 0 Å². The Morgan fingerprint density at radius 2 is 1.68 bits per heavy atom. The van der Waals surface area contributed by atoms with Gasteiger partial charge in [0.2, 0.25) is 0 Å². The molecule has 2 aromatic rings. The van der Waals surface area contributed by atoms with E-state index in [4.69, 9.17) is 0 Å². The number of hydrogen-bond acceptors (Lipinski definition) is 1. The second-order valence-electron chi connectivity index (χ2n) is 4.21. The second kappa shape index (κ2) is 6.38. The van der Waals surface area contributed by atoms with Gasteiger partial charge in [0.05, 0.1) is 6.04 Å². The molecular weight excluding hydrogens is 304 g/mol. The molecule has 0 heterocycles. The normalized spacial score (nSPS) is 11.7. The molecule has 1 atom stereocenters. The predicted molar refractivity (Wildman–Crippen MR) is 81.2 cm³/mol. The monoisotopic (exact) mass is 318 g/mol. The smallest absolute Gasteiger partial charge is 0.319 e. The highest BCUT2D eigenvalue weighted by atomic mass is 79.9. The van der Waals surface area contributed by atoms with Crippen LogP contribution in [0.4, 0.5) is 10.5 Å². The summed E-state index contributed by atoms with van der Waals surface area (Å²) in [6.07, 6.45) is 0. The lowest BCUT2D eigenvalue weighted by Crippen LogP contribution is -2.31. The third kappa shape index (κ3) is 3.83. The Kier molecular flexibility index (Phi) is 4.58. The average Bonchev–Trinajstić information content (AvgIpc) is 2.40. The number of carbonyl (C=O) groups is 1. The minimum absolute atomic E-state index is 0.0701. The van der Waals surface area contributed by atoms with E-state index in [-0.39, 0.29) is 12.1 Å². The Balaban J connectivity index is 1.98. The van der Waals surface area contributed by atoms with Crippen molar-refractivity contribution in [2.45, 2.75) is 13.0 Å². The topological polar surface area (TPSA) is 41.1 Å². The molecule has 0 bridgehead atoms. The Bertz CT molecular complexity index is 557. The van der Waals surface area contributed by atoms with Gasteiger partial charge in [-0.05, 0) is 30.7 Å². The summed E-state index contributed by atoms with van der Waals surface area (Å²) in [4.78, 5) is 11.9. The van der Waals surface area contributed by atoms with Crippen LogP contribution in [0.25, 0.3) is 0 Å². The number of halogens is 1. The van der Waals surface area contributed by atoms with Crippen molar-refractivity contribution in [1.29, 1.82) is 0 Å². The number of hydrogen-bond donors (Lipinski definition) is 2. The molecule has 2 N–H and O–H groups in total. The highest BCUT2D eigenvalue weighted by Gasteiger charge is 2.11. The average molecular weight is 319 g/mol. The van der Waals surface area contributed by atoms with Gasteiger partial charge in [-0.25, -0.2) is 4.79 Å². The van der Waals surface area contributed by atoms with E-state index in [1.807, 2.05) is 61.5 Å². The van der Waals surface area contributed by atoms with Crippen molar-refractivity contribution in [1.82, 2.24) is 5.32 Å². The minimum atomic E-state index is -0.213. The van der Waals surface area contributed by atoms with Gasteiger partial charge in [0.1, 0.15) is 0 Å². The first-order chi connectivity index (χ1) is 9.16. The van der Waals surface area contributed by atoms with Crippen LogP contribution in [0.2, 0.25) is 0 Å². The van der Waals surface area contributed by atoms with E-state index in [1.54, 1.807) is 0 Å². The highest BCUT2D eigenvalue weighted by Crippen LogP contribution is 2.22. The van der Waals surface area contributed by atoms with Crippen molar-refractivity contribution in [2.75, 3.05) is 5.32 Å². The lowest BCUT2D eigenvalue weighted by molar-refractivity contribution is 0.249. The molecule has 0 aliphatic carbocycles. The first kappa shape index (κ1) is 13.6. The summed E-state index contributed by atoms with van der Waals surface area (Å²) in [5, 5.41) is 5.70. The summed E-state index contributed by atoms with van der Waals surface area (Å²) in [6, 6.07) is 16.9. The number of rotatable bonds is 3. The molecule has 0 aliphatic rings. The van der Waals surface area contributed by atoms with Crippen molar-refractivity contribution >= 4 is 27.6 Å². The summed E-state index contributed by atoms with van der Waals surface area (Å²) in [7, 11) is 0. The minimum Gasteiger partial charge on any atom is -0.331 e. The number of urea groups is 1. The number of amides is 2. The molecule has 0 aromatic heterocycles. The van der Waals surface area contributed by atoms with Gasteiger partial charge in [-0.2, -0.15) is 0 Å². The molecule has 2 rings (SSSR count). The van der Waals surface area contributed by atoms with E-state index in [0.717, 1.165) is 15.7 Å². The Labute approximate surface area is 121 Å². The van der Waals surface area contributed by atoms with Gasteiger partial charge in [0, 0.05) is 10.2 Å². The van der Waals surface area contributed by atoms with Crippen molar-refractivity contribution in [2.24, 2.45) is 0 Å². The first-order valence-corrected chi connectivity index (χ1v) is 6.83. The molecule has 0 spiro atoms. The molecule has 4 heteroatoms. The lowest BCUT2D eigenvalue weighted by Gasteiger charge is -2.16. The molecular formula is C15H15BrN2O. The van der Waals surface area contributed by atoms with Crippen LogP contribution < -0.4 is 10.6 Å². The second-order valence-corrected chi connectivity index (χ2v) is 5.06. The zero-order chi connectivity index (χ0) is 13.7. The fraction of sp³-hybridized carbons (Fsp3) is 0.133. The van der Waals surface area contributed by atoms with Crippen LogP contribution in [-0.2, 0) is 0 Å². The first-order valence-electron chi connectivity index (χ1n) is 6.04. The Hall–Kier alpha value is -1.81. The van der Waals surface area contributed by atoms with Crippen molar-refractivity contribution < 1.29 is 4.79 Å². The maximum Gasteiger partial charge on any atom is 0.319 e. The molecule has 0 saturated carbocycles. The molecule has 98 valence electrons. The van der Waals surface area contributed by atoms with E-state index in [2.05, 4.69) is 26.6 Å². The van der Waals surface area contributed by atoms with Gasteiger partial charge in [0.15, 0.2) is 0 Å². The summed E-state index contributed by atoms with van der Waals surface area (Å²) in [5.41, 5.74) is 1.82. The van der Waals surface area contributed by atoms with Gasteiger partial charge in [0.25, 0.3) is 0 Å². The fourth-order valence-corrected chi connectivity index (χ4v) is 2.42. The molecule has 3 nitrogen and oxygen atoms in total. The quantitative estimate of drug-likeness (QED) is 0.868. The Morgan fingerprint density at radius 1 is 1.05 bits per heavy atom. The van der Waals surface area contributed by atoms with E-state index in [9.17, 15) is 4.79 Å². The third-order valence-corrected chi connectivity index (χ3v) is 3.47. The van der Waals surface area contributed by atoms with Crippen molar-refractivity contribution in [3.05, 3.63) is 64.6 Å². The Morgan fingerprint density at radius 3 is 2.37 bits per heavy atom. The number of benzene rings is 2. The van der Waals surface area contributed by atoms with Gasteiger partial charge in [-0.3, -0.25) is 0 Å². The highest BCUT2D eigenvalue weighted by molar-refractivity contribution is 9.10. The molecule has 19 heavy (non-hydrogen) atoms. The number of anilines is 1. The molecule has 0 fully saturated rings. The molecule has 1 unspecified atom stereocenters. The molecule has 0 radical (unpaired) electrons. The van der Waals surface area contributed by atoms with E-state index < -0.39 is 0 Å². The predicted octanol–water partition coefficient (Wildman–Crippen LogP) is 4.33. The number of carbonyl (C=O) groups excluding carboxylic acids is 1. The van der Waals surface area contributed by atoms with E-state index in [1.165, 1.54) is 0 Å². The van der Waals surface area contributed by atoms with Gasteiger partial charge >= 0.3 is 6.03 Å². The third-order valence-electron chi connectivity index (χ3n) is 2.75. The SMILES string of the molecule is CC(NC(=O)Nc1ccccc1)c1ccccc1Br. The van der Waals surface area contributed by atoms with E-state index in [0.29, 0.717) is 0 Å². The van der Waals surface area contributed by atoms with E-state index >= 15 is 0 Å². The summed E-state index contributed by atoms with van der Waals surface area (Å²) >= 11 is 3.48. The summed E-state index contributed by atoms with van der Waals surface area (Å²) in [5.74, 6) is 0. The summed E-state index contributed by atoms with van der Waals surface area (Å²) in [6.45, 7) is 1.95. The van der Waals surface area contributed by atoms with Crippen LogP contribution in [0.1, 0.15) is 18.5 Å². The lowest BCUT2D eigenvalue weighted by atomic mass is 10.1. The fourth-order valence-electron chi connectivity index (χ4n) is 1.79. The van der Waals surface area contributed by atoms with Gasteiger partial charge in [-0.1, -0.05) is 52.3 Å². The van der Waals surface area contributed by atoms with Gasteiger partial charge in [-0.15, -0.1) is 0 Å². The van der Waals surface area contributed by atoms with Crippen molar-refractivity contribution in [3.8, 4) is 0 Å². The molecule has 0 aliphatic heterocycles. The van der Waals surface area contributed by atoms with Crippen LogP contribution in [0.5, 0.6) is 0 Å². The molecule has 0 saturated heterocycles. The molecule has 2 aromatic carbocycles. The van der Waals surface area contributed by atoms with Crippen LogP contribution in [0.15, 0.2) is 59.1 Å². The zero-order valence-corrected chi connectivity index (χ0v) is 12.1. The van der Waals surface area contributed by atoms with Crippen LogP contribution in [0.3, 0.4) is 0 Å². The number of para-hydroxylation sites is 1.